The van der Waals surface area contributed by atoms with Crippen LogP contribution in [0.5, 0.6) is 11.5 Å². The number of nitrogens with two attached hydrogens (primary N) is 1. The van der Waals surface area contributed by atoms with Gasteiger partial charge in [0.25, 0.3) is 11.1 Å². The van der Waals surface area contributed by atoms with Gasteiger partial charge in [-0.05, 0) is 99.3 Å². The van der Waals surface area contributed by atoms with Gasteiger partial charge in [0.15, 0.2) is 0 Å². The molecule has 0 aromatic heterocycles. The number of nitrogens with one attached hydrogen (secondary N) is 1. The first kappa shape index (κ1) is 28.4. The van der Waals surface area contributed by atoms with Gasteiger partial charge in [-0.15, -0.1) is 0 Å². The third kappa shape index (κ3) is 8.99. The van der Waals surface area contributed by atoms with E-state index in [-0.39, 0.29) is 5.91 Å². The summed E-state index contributed by atoms with van der Waals surface area (Å²) in [5, 5.41) is 2.34. The summed E-state index contributed by atoms with van der Waals surface area (Å²) >= 11 is 5.36. The van der Waals surface area contributed by atoms with E-state index in [9.17, 15) is 9.59 Å². The molecular formula is C24H35ClN2O4. The second-order valence-electron chi connectivity index (χ2n) is 6.83. The van der Waals surface area contributed by atoms with Crippen LogP contribution < -0.4 is 20.5 Å². The number of hydrogen-bond acceptors (Lipinski definition) is 5. The largest absolute Gasteiger partial charge is 0.496 e. The zero-order chi connectivity index (χ0) is 24.1. The molecule has 0 radical (unpaired) electrons. The number of halogens is 1. The molecule has 3 N–H and O–H groups in total. The number of hydrogen-bond donors (Lipinski definition) is 2. The standard InChI is InChI=1S/C12H17NO2.C10H11ClO2.C2H7N/c1-5-13-12(14)10-6-8(2)11(15-4)9(3)7-10;1-6-4-8(10(11)12)5-7(2)9(6)13-3;1-2-3/h6-7H,5H2,1-4H3,(H,13,14);4-5H,1-3H3;2-3H2,1H3. The van der Waals surface area contributed by atoms with Crippen molar-refractivity contribution < 1.29 is 19.1 Å². The number of methoxy groups -OCH3 is 2. The number of rotatable bonds is 5. The molecule has 0 spiro atoms. The van der Waals surface area contributed by atoms with E-state index in [4.69, 9.17) is 26.8 Å². The van der Waals surface area contributed by atoms with Gasteiger partial charge >= 0.3 is 0 Å². The number of aryl methyl sites for hydroxylation is 4. The summed E-state index contributed by atoms with van der Waals surface area (Å²) in [6.07, 6.45) is 0. The van der Waals surface area contributed by atoms with Crippen LogP contribution in [0.25, 0.3) is 0 Å². The van der Waals surface area contributed by atoms with Crippen LogP contribution >= 0.6 is 11.6 Å². The predicted molar refractivity (Wildman–Crippen MR) is 128 cm³/mol. The summed E-state index contributed by atoms with van der Waals surface area (Å²) in [5.41, 5.74) is 9.86. The molecular weight excluding hydrogens is 416 g/mol. The highest BCUT2D eigenvalue weighted by Crippen LogP contribution is 2.25. The SMILES string of the molecule is CCN.CCNC(=O)c1cc(C)c(OC)c(C)c1.COc1c(C)cc(C(=O)Cl)cc1C. The first-order chi connectivity index (χ1) is 14.6. The Hall–Kier alpha value is -2.57. The summed E-state index contributed by atoms with van der Waals surface area (Å²) in [4.78, 5) is 22.5. The summed E-state index contributed by atoms with van der Waals surface area (Å²) in [5.74, 6) is 1.62. The molecule has 0 aliphatic rings. The predicted octanol–water partition coefficient (Wildman–Crippen LogP) is 4.72. The molecule has 0 saturated heterocycles. The van der Waals surface area contributed by atoms with Crippen molar-refractivity contribution in [3.8, 4) is 11.5 Å². The fraction of sp³-hybridized carbons (Fsp3) is 0.417. The van der Waals surface area contributed by atoms with Crippen molar-refractivity contribution in [3.05, 3.63) is 57.6 Å². The molecule has 0 saturated carbocycles. The molecule has 2 rings (SSSR count). The minimum absolute atomic E-state index is 0.0358. The minimum atomic E-state index is -0.436. The van der Waals surface area contributed by atoms with Crippen molar-refractivity contribution in [2.75, 3.05) is 27.3 Å². The Morgan fingerprint density at radius 2 is 1.16 bits per heavy atom. The second-order valence-corrected chi connectivity index (χ2v) is 7.17. The molecule has 0 aliphatic heterocycles. The van der Waals surface area contributed by atoms with Crippen LogP contribution in [0.4, 0.5) is 0 Å². The van der Waals surface area contributed by atoms with Crippen LogP contribution in [0.3, 0.4) is 0 Å². The van der Waals surface area contributed by atoms with Gasteiger partial charge in [0.1, 0.15) is 11.5 Å². The van der Waals surface area contributed by atoms with Crippen molar-refractivity contribution in [1.29, 1.82) is 0 Å². The number of amides is 1. The van der Waals surface area contributed by atoms with Gasteiger partial charge in [-0.1, -0.05) is 6.92 Å². The van der Waals surface area contributed by atoms with Gasteiger partial charge in [-0.3, -0.25) is 9.59 Å². The van der Waals surface area contributed by atoms with E-state index < -0.39 is 5.24 Å². The summed E-state index contributed by atoms with van der Waals surface area (Å²) in [6, 6.07) is 7.13. The Bertz CT molecular complexity index is 836. The van der Waals surface area contributed by atoms with Crippen molar-refractivity contribution >= 4 is 22.8 Å². The molecule has 0 bridgehead atoms. The van der Waals surface area contributed by atoms with E-state index in [1.807, 2.05) is 53.7 Å². The van der Waals surface area contributed by atoms with Gasteiger partial charge in [0.2, 0.25) is 0 Å². The van der Waals surface area contributed by atoms with Crippen LogP contribution in [0.15, 0.2) is 24.3 Å². The number of carbonyl (C=O) groups excluding carboxylic acids is 2. The van der Waals surface area contributed by atoms with Crippen molar-refractivity contribution in [3.63, 3.8) is 0 Å². The van der Waals surface area contributed by atoms with E-state index in [2.05, 4.69) is 5.32 Å². The molecule has 1 amide bonds. The number of carbonyl (C=O) groups is 2. The maximum Gasteiger partial charge on any atom is 0.252 e. The van der Waals surface area contributed by atoms with E-state index in [0.717, 1.165) is 40.3 Å². The zero-order valence-corrected chi connectivity index (χ0v) is 20.6. The molecule has 0 fully saturated rings. The molecule has 6 nitrogen and oxygen atoms in total. The number of ether oxygens (including phenoxy) is 2. The molecule has 0 unspecified atom stereocenters. The maximum atomic E-state index is 11.6. The zero-order valence-electron chi connectivity index (χ0n) is 19.8. The maximum absolute atomic E-state index is 11.6. The van der Waals surface area contributed by atoms with Gasteiger partial charge in [0.05, 0.1) is 14.2 Å². The molecule has 0 atom stereocenters. The number of benzene rings is 2. The first-order valence-corrected chi connectivity index (χ1v) is 10.4. The van der Waals surface area contributed by atoms with E-state index >= 15 is 0 Å². The average molecular weight is 451 g/mol. The molecule has 7 heteroatoms. The van der Waals surface area contributed by atoms with Gasteiger partial charge < -0.3 is 20.5 Å². The first-order valence-electron chi connectivity index (χ1n) is 10.1. The van der Waals surface area contributed by atoms with E-state index in [0.29, 0.717) is 17.7 Å². The quantitative estimate of drug-likeness (QED) is 0.643. The van der Waals surface area contributed by atoms with Crippen LogP contribution in [-0.2, 0) is 0 Å². The monoisotopic (exact) mass is 450 g/mol. The van der Waals surface area contributed by atoms with E-state index in [1.165, 1.54) is 0 Å². The summed E-state index contributed by atoms with van der Waals surface area (Å²) < 4.78 is 10.4. The van der Waals surface area contributed by atoms with Crippen LogP contribution in [0.1, 0.15) is 56.8 Å². The Balaban J connectivity index is 0.000000519. The minimum Gasteiger partial charge on any atom is -0.496 e. The molecule has 0 heterocycles. The lowest BCUT2D eigenvalue weighted by Crippen LogP contribution is -2.22. The van der Waals surface area contributed by atoms with Crippen LogP contribution in [0.2, 0.25) is 0 Å². The van der Waals surface area contributed by atoms with Crippen molar-refractivity contribution in [1.82, 2.24) is 5.32 Å². The smallest absolute Gasteiger partial charge is 0.252 e. The van der Waals surface area contributed by atoms with E-state index in [1.54, 1.807) is 26.4 Å². The fourth-order valence-corrected chi connectivity index (χ4v) is 3.16. The lowest BCUT2D eigenvalue weighted by molar-refractivity contribution is 0.0955. The summed E-state index contributed by atoms with van der Waals surface area (Å²) in [7, 11) is 3.25. The van der Waals surface area contributed by atoms with Crippen molar-refractivity contribution in [2.24, 2.45) is 5.73 Å². The topological polar surface area (TPSA) is 90.7 Å². The van der Waals surface area contributed by atoms with Gasteiger partial charge in [-0.2, -0.15) is 0 Å². The molecule has 2 aromatic carbocycles. The lowest BCUT2D eigenvalue weighted by atomic mass is 10.1. The third-order valence-electron chi connectivity index (χ3n) is 4.16. The summed E-state index contributed by atoms with van der Waals surface area (Å²) in [6.45, 7) is 12.8. The Morgan fingerprint density at radius 3 is 1.42 bits per heavy atom. The van der Waals surface area contributed by atoms with Crippen molar-refractivity contribution in [2.45, 2.75) is 41.5 Å². The average Bonchev–Trinajstić information content (AvgIpc) is 2.68. The van der Waals surface area contributed by atoms with Gasteiger partial charge in [-0.25, -0.2) is 0 Å². The highest BCUT2D eigenvalue weighted by atomic mass is 35.5. The Morgan fingerprint density at radius 1 is 0.839 bits per heavy atom. The third-order valence-corrected chi connectivity index (χ3v) is 4.37. The van der Waals surface area contributed by atoms with Crippen LogP contribution in [-0.4, -0.2) is 38.5 Å². The molecule has 0 aliphatic carbocycles. The second kappa shape index (κ2) is 14.4. The Labute approximate surface area is 191 Å². The molecule has 172 valence electrons. The molecule has 31 heavy (non-hydrogen) atoms. The van der Waals surface area contributed by atoms with Gasteiger partial charge in [0, 0.05) is 17.7 Å². The highest BCUT2D eigenvalue weighted by Gasteiger charge is 2.10. The molecule has 2 aromatic rings. The lowest BCUT2D eigenvalue weighted by Gasteiger charge is -2.10. The van der Waals surface area contributed by atoms with Crippen LogP contribution in [0, 0.1) is 27.7 Å². The fourth-order valence-electron chi connectivity index (χ4n) is 3.05. The Kier molecular flexibility index (Phi) is 13.2. The highest BCUT2D eigenvalue weighted by molar-refractivity contribution is 6.67. The normalized spacial score (nSPS) is 9.48.